The van der Waals surface area contributed by atoms with Gasteiger partial charge < -0.3 is 42.6 Å². The third kappa shape index (κ3) is 8.54. The Morgan fingerprint density at radius 2 is 1.61 bits per heavy atom. The van der Waals surface area contributed by atoms with E-state index in [0.717, 1.165) is 16.5 Å². The van der Waals surface area contributed by atoms with E-state index in [-0.39, 0.29) is 18.8 Å². The Kier molecular flexibility index (Phi) is 12.2. The highest BCUT2D eigenvalue weighted by Gasteiger charge is 2.31. The fourth-order valence-electron chi connectivity index (χ4n) is 4.00. The van der Waals surface area contributed by atoms with Gasteiger partial charge in [0.2, 0.25) is 17.7 Å². The number of carbonyl (C=O) groups excluding carboxylic acids is 3. The second kappa shape index (κ2) is 15.1. The fourth-order valence-corrected chi connectivity index (χ4v) is 4.00. The summed E-state index contributed by atoms with van der Waals surface area (Å²) in [6.07, 6.45) is 3.68. The highest BCUT2D eigenvalue weighted by molar-refractivity contribution is 5.95. The number of hydrogen-bond donors (Lipinski definition) is 8. The molecule has 3 amide bonds. The smallest absolute Gasteiger partial charge is 0.326 e. The lowest BCUT2D eigenvalue weighted by molar-refractivity contribution is -0.142. The summed E-state index contributed by atoms with van der Waals surface area (Å²) in [6, 6.07) is 2.83. The van der Waals surface area contributed by atoms with Gasteiger partial charge in [0.05, 0.1) is 12.6 Å². The molecule has 0 aliphatic heterocycles. The number of carboxylic acids is 1. The van der Waals surface area contributed by atoms with Crippen LogP contribution in [0.2, 0.25) is 0 Å². The lowest BCUT2D eigenvalue weighted by atomic mass is 9.99. The number of rotatable bonds is 16. The van der Waals surface area contributed by atoms with E-state index in [4.69, 9.17) is 11.5 Å². The molecular formula is C26H40N6O6. The maximum atomic E-state index is 13.3. The molecule has 12 nitrogen and oxygen atoms in total. The summed E-state index contributed by atoms with van der Waals surface area (Å²) >= 11 is 0. The minimum Gasteiger partial charge on any atom is -0.480 e. The molecule has 10 N–H and O–H groups in total. The number of nitrogens with one attached hydrogen (secondary N) is 4. The molecule has 38 heavy (non-hydrogen) atoms. The Morgan fingerprint density at radius 1 is 0.974 bits per heavy atom. The molecule has 0 saturated heterocycles. The van der Waals surface area contributed by atoms with Gasteiger partial charge in [0.25, 0.3) is 0 Å². The van der Waals surface area contributed by atoms with E-state index < -0.39 is 54.5 Å². The van der Waals surface area contributed by atoms with Crippen molar-refractivity contribution in [1.29, 1.82) is 0 Å². The summed E-state index contributed by atoms with van der Waals surface area (Å²) < 4.78 is 0. The van der Waals surface area contributed by atoms with Gasteiger partial charge in [-0.1, -0.05) is 38.5 Å². The van der Waals surface area contributed by atoms with Crippen molar-refractivity contribution in [2.75, 3.05) is 13.2 Å². The minimum absolute atomic E-state index is 0.0369. The van der Waals surface area contributed by atoms with Crippen molar-refractivity contribution in [3.8, 4) is 0 Å². The van der Waals surface area contributed by atoms with E-state index in [1.165, 1.54) is 0 Å². The standard InChI is InChI=1S/C26H40N6O6/c1-3-15(2)22(28)25(36)32-21(14-33)24(35)31-20(12-16-13-29-18-9-5-4-8-17(16)18)23(34)30-19(26(37)38)10-6-7-11-27/h4-5,8-9,13,15,19-22,29,33H,3,6-7,10-12,14,27-28H2,1-2H3,(H,30,34)(H,31,35)(H,32,36)(H,37,38). The number of nitrogens with two attached hydrogens (primary N) is 2. The van der Waals surface area contributed by atoms with Gasteiger partial charge >= 0.3 is 5.97 Å². The first-order valence-corrected chi connectivity index (χ1v) is 12.9. The van der Waals surface area contributed by atoms with Gasteiger partial charge in [-0.15, -0.1) is 0 Å². The molecule has 1 heterocycles. The summed E-state index contributed by atoms with van der Waals surface area (Å²) in [6.45, 7) is 3.35. The van der Waals surface area contributed by atoms with Crippen LogP contribution in [0.5, 0.6) is 0 Å². The van der Waals surface area contributed by atoms with Crippen LogP contribution in [0.4, 0.5) is 0 Å². The predicted octanol–water partition coefficient (Wildman–Crippen LogP) is -0.256. The van der Waals surface area contributed by atoms with Crippen molar-refractivity contribution in [3.63, 3.8) is 0 Å². The fraction of sp³-hybridized carbons (Fsp3) is 0.538. The van der Waals surface area contributed by atoms with Crippen molar-refractivity contribution < 1.29 is 29.4 Å². The first kappa shape index (κ1) is 30.7. The highest BCUT2D eigenvalue weighted by atomic mass is 16.4. The van der Waals surface area contributed by atoms with Gasteiger partial charge in [-0.2, -0.15) is 0 Å². The molecule has 2 rings (SSSR count). The number of hydrogen-bond acceptors (Lipinski definition) is 7. The van der Waals surface area contributed by atoms with Crippen LogP contribution in [0.3, 0.4) is 0 Å². The van der Waals surface area contributed by atoms with Crippen LogP contribution in [-0.2, 0) is 25.6 Å². The maximum Gasteiger partial charge on any atom is 0.326 e. The number of carboxylic acid groups (broad SMARTS) is 1. The summed E-state index contributed by atoms with van der Waals surface area (Å²) in [5.74, 6) is -3.45. The van der Waals surface area contributed by atoms with Crippen LogP contribution in [0, 0.1) is 5.92 Å². The number of aliphatic hydroxyl groups is 1. The number of aromatic amines is 1. The van der Waals surface area contributed by atoms with Crippen molar-refractivity contribution in [3.05, 3.63) is 36.0 Å². The quantitative estimate of drug-likeness (QED) is 0.135. The van der Waals surface area contributed by atoms with E-state index in [1.807, 2.05) is 31.2 Å². The Hall–Kier alpha value is -3.48. The molecule has 0 radical (unpaired) electrons. The Morgan fingerprint density at radius 3 is 2.24 bits per heavy atom. The molecular weight excluding hydrogens is 492 g/mol. The molecule has 0 aliphatic rings. The van der Waals surface area contributed by atoms with Gasteiger partial charge in [-0.05, 0) is 43.4 Å². The number of aromatic nitrogens is 1. The summed E-state index contributed by atoms with van der Waals surface area (Å²) in [5, 5.41) is 27.8. The lowest BCUT2D eigenvalue weighted by Crippen LogP contribution is -2.59. The zero-order valence-corrected chi connectivity index (χ0v) is 21.9. The largest absolute Gasteiger partial charge is 0.480 e. The zero-order valence-electron chi connectivity index (χ0n) is 21.9. The molecule has 2 aromatic rings. The number of para-hydroxylation sites is 1. The monoisotopic (exact) mass is 532 g/mol. The van der Waals surface area contributed by atoms with Gasteiger partial charge in [-0.25, -0.2) is 4.79 Å². The molecule has 210 valence electrons. The zero-order chi connectivity index (χ0) is 28.2. The first-order valence-electron chi connectivity index (χ1n) is 12.9. The molecule has 5 unspecified atom stereocenters. The number of fused-ring (bicyclic) bond motifs is 1. The molecule has 0 spiro atoms. The second-order valence-corrected chi connectivity index (χ2v) is 9.46. The Balaban J connectivity index is 2.24. The van der Waals surface area contributed by atoms with Crippen molar-refractivity contribution >= 4 is 34.6 Å². The Bertz CT molecular complexity index is 1090. The number of carbonyl (C=O) groups is 4. The van der Waals surface area contributed by atoms with Crippen LogP contribution < -0.4 is 27.4 Å². The van der Waals surface area contributed by atoms with Crippen LogP contribution in [0.25, 0.3) is 10.9 Å². The average Bonchev–Trinajstić information content (AvgIpc) is 3.32. The number of aliphatic carboxylic acids is 1. The molecule has 1 aromatic carbocycles. The number of unbranched alkanes of at least 4 members (excludes halogenated alkanes) is 1. The second-order valence-electron chi connectivity index (χ2n) is 9.46. The summed E-state index contributed by atoms with van der Waals surface area (Å²) in [4.78, 5) is 53.7. The van der Waals surface area contributed by atoms with Crippen LogP contribution >= 0.6 is 0 Å². The predicted molar refractivity (Wildman–Crippen MR) is 143 cm³/mol. The van der Waals surface area contributed by atoms with Gasteiger partial charge in [0.15, 0.2) is 0 Å². The third-order valence-corrected chi connectivity index (χ3v) is 6.67. The van der Waals surface area contributed by atoms with E-state index in [9.17, 15) is 29.4 Å². The highest BCUT2D eigenvalue weighted by Crippen LogP contribution is 2.19. The average molecular weight is 533 g/mol. The SMILES string of the molecule is CCC(C)C(N)C(=O)NC(CO)C(=O)NC(Cc1c[nH]c2ccccc12)C(=O)NC(CCCCN)C(=O)O. The molecule has 0 aliphatic carbocycles. The van der Waals surface area contributed by atoms with E-state index >= 15 is 0 Å². The van der Waals surface area contributed by atoms with Crippen molar-refractivity contribution in [2.45, 2.75) is 70.1 Å². The van der Waals surface area contributed by atoms with Gasteiger partial charge in [0.1, 0.15) is 18.1 Å². The minimum atomic E-state index is -1.35. The number of H-pyrrole nitrogens is 1. The van der Waals surface area contributed by atoms with Gasteiger partial charge in [0, 0.05) is 23.5 Å². The van der Waals surface area contributed by atoms with Crippen LogP contribution in [0.1, 0.15) is 45.1 Å². The van der Waals surface area contributed by atoms with Crippen LogP contribution in [-0.4, -0.2) is 76.2 Å². The number of aliphatic hydroxyl groups excluding tert-OH is 1. The van der Waals surface area contributed by atoms with Gasteiger partial charge in [-0.3, -0.25) is 14.4 Å². The molecule has 5 atom stereocenters. The molecule has 0 fully saturated rings. The molecule has 0 saturated carbocycles. The maximum absolute atomic E-state index is 13.3. The lowest BCUT2D eigenvalue weighted by Gasteiger charge is -2.25. The number of benzene rings is 1. The van der Waals surface area contributed by atoms with E-state index in [0.29, 0.717) is 25.8 Å². The number of amides is 3. The molecule has 0 bridgehead atoms. The molecule has 1 aromatic heterocycles. The first-order chi connectivity index (χ1) is 18.1. The summed E-state index contributed by atoms with van der Waals surface area (Å²) in [7, 11) is 0. The topological polar surface area (TPSA) is 213 Å². The Labute approximate surface area is 221 Å². The summed E-state index contributed by atoms with van der Waals surface area (Å²) in [5.41, 5.74) is 13.0. The van der Waals surface area contributed by atoms with E-state index in [2.05, 4.69) is 20.9 Å². The van der Waals surface area contributed by atoms with Crippen LogP contribution in [0.15, 0.2) is 30.5 Å². The normalized spacial score (nSPS) is 15.2. The van der Waals surface area contributed by atoms with Crippen molar-refractivity contribution in [1.82, 2.24) is 20.9 Å². The van der Waals surface area contributed by atoms with Crippen molar-refractivity contribution in [2.24, 2.45) is 17.4 Å². The third-order valence-electron chi connectivity index (χ3n) is 6.67. The molecule has 12 heteroatoms. The van der Waals surface area contributed by atoms with E-state index in [1.54, 1.807) is 13.1 Å².